The number of methoxy groups -OCH3 is 3. The maximum Gasteiger partial charge on any atom is 0.205 e. The standard InChI is InChI=1S/C18H23N3O4/c1-5-18(22)6-8-21(9-7-18)17-12-10-13(23-2)15(24-3)16(25-4)14(12)19-11-20-17/h5,10-11,22H,1,6-9H2,2-4H3. The predicted octanol–water partition coefficient (Wildman–Crippen LogP) is 2.17. The van der Waals surface area contributed by atoms with Crippen molar-refractivity contribution in [2.45, 2.75) is 18.4 Å². The topological polar surface area (TPSA) is 76.9 Å². The van der Waals surface area contributed by atoms with Crippen molar-refractivity contribution in [1.82, 2.24) is 9.97 Å². The highest BCUT2D eigenvalue weighted by molar-refractivity contribution is 5.97. The van der Waals surface area contributed by atoms with Gasteiger partial charge in [0.1, 0.15) is 17.7 Å². The van der Waals surface area contributed by atoms with Crippen LogP contribution in [-0.2, 0) is 0 Å². The first kappa shape index (κ1) is 17.3. The second-order valence-electron chi connectivity index (χ2n) is 6.03. The summed E-state index contributed by atoms with van der Waals surface area (Å²) < 4.78 is 16.4. The summed E-state index contributed by atoms with van der Waals surface area (Å²) in [6, 6.07) is 1.86. The number of benzene rings is 1. The van der Waals surface area contributed by atoms with E-state index >= 15 is 0 Å². The number of fused-ring (bicyclic) bond motifs is 1. The minimum Gasteiger partial charge on any atom is -0.493 e. The van der Waals surface area contributed by atoms with Gasteiger partial charge in [-0.1, -0.05) is 6.08 Å². The van der Waals surface area contributed by atoms with Crippen molar-refractivity contribution in [3.8, 4) is 17.2 Å². The number of aliphatic hydroxyl groups is 1. The summed E-state index contributed by atoms with van der Waals surface area (Å²) >= 11 is 0. The Morgan fingerprint density at radius 1 is 1.12 bits per heavy atom. The number of nitrogens with zero attached hydrogens (tertiary/aromatic N) is 3. The Morgan fingerprint density at radius 3 is 2.36 bits per heavy atom. The fourth-order valence-corrected chi connectivity index (χ4v) is 3.21. The Hall–Kier alpha value is -2.54. The van der Waals surface area contributed by atoms with Gasteiger partial charge >= 0.3 is 0 Å². The molecule has 3 rings (SSSR count). The molecule has 1 aliphatic heterocycles. The summed E-state index contributed by atoms with van der Waals surface area (Å²) in [4.78, 5) is 11.0. The van der Waals surface area contributed by atoms with Crippen LogP contribution in [0.5, 0.6) is 17.2 Å². The van der Waals surface area contributed by atoms with Crippen molar-refractivity contribution in [2.75, 3.05) is 39.3 Å². The molecule has 0 bridgehead atoms. The fraction of sp³-hybridized carbons (Fsp3) is 0.444. The first-order valence-corrected chi connectivity index (χ1v) is 8.11. The molecule has 1 aromatic heterocycles. The third-order valence-electron chi connectivity index (χ3n) is 4.72. The molecule has 0 unspecified atom stereocenters. The summed E-state index contributed by atoms with van der Waals surface area (Å²) in [6.45, 7) is 5.07. The minimum atomic E-state index is -0.808. The van der Waals surface area contributed by atoms with Crippen molar-refractivity contribution >= 4 is 16.7 Å². The average molecular weight is 345 g/mol. The van der Waals surface area contributed by atoms with Gasteiger partial charge in [-0.05, 0) is 18.9 Å². The van der Waals surface area contributed by atoms with Gasteiger partial charge in [0, 0.05) is 13.1 Å². The zero-order valence-electron chi connectivity index (χ0n) is 14.8. The molecule has 1 aromatic carbocycles. The molecule has 2 heterocycles. The SMILES string of the molecule is C=CC1(O)CCN(c2ncnc3c(OC)c(OC)c(OC)cc23)CC1. The molecule has 0 radical (unpaired) electrons. The van der Waals surface area contributed by atoms with E-state index in [-0.39, 0.29) is 0 Å². The maximum absolute atomic E-state index is 10.4. The van der Waals surface area contributed by atoms with E-state index in [0.717, 1.165) is 11.2 Å². The second-order valence-corrected chi connectivity index (χ2v) is 6.03. The monoisotopic (exact) mass is 345 g/mol. The Labute approximate surface area is 146 Å². The van der Waals surface area contributed by atoms with E-state index in [9.17, 15) is 5.11 Å². The quantitative estimate of drug-likeness (QED) is 0.832. The number of rotatable bonds is 5. The molecule has 1 aliphatic rings. The highest BCUT2D eigenvalue weighted by atomic mass is 16.5. The van der Waals surface area contributed by atoms with Gasteiger partial charge < -0.3 is 24.2 Å². The van der Waals surface area contributed by atoms with Gasteiger partial charge in [0.05, 0.1) is 32.3 Å². The van der Waals surface area contributed by atoms with Gasteiger partial charge in [0.25, 0.3) is 0 Å². The molecule has 0 amide bonds. The van der Waals surface area contributed by atoms with Gasteiger partial charge in [-0.15, -0.1) is 6.58 Å². The number of hydrogen-bond donors (Lipinski definition) is 1. The average Bonchev–Trinajstić information content (AvgIpc) is 2.66. The maximum atomic E-state index is 10.4. The van der Waals surface area contributed by atoms with Crippen LogP contribution in [0.25, 0.3) is 10.9 Å². The van der Waals surface area contributed by atoms with Crippen LogP contribution in [0, 0.1) is 0 Å². The minimum absolute atomic E-state index is 0.502. The van der Waals surface area contributed by atoms with Crippen LogP contribution in [0.4, 0.5) is 5.82 Å². The van der Waals surface area contributed by atoms with E-state index in [2.05, 4.69) is 21.4 Å². The van der Waals surface area contributed by atoms with Crippen molar-refractivity contribution in [3.63, 3.8) is 0 Å². The first-order chi connectivity index (χ1) is 12.1. The lowest BCUT2D eigenvalue weighted by molar-refractivity contribution is 0.0650. The molecule has 0 spiro atoms. The van der Waals surface area contributed by atoms with Crippen molar-refractivity contribution in [2.24, 2.45) is 0 Å². The fourth-order valence-electron chi connectivity index (χ4n) is 3.21. The molecule has 134 valence electrons. The lowest BCUT2D eigenvalue weighted by Crippen LogP contribution is -2.43. The van der Waals surface area contributed by atoms with E-state index in [1.165, 1.54) is 6.33 Å². The van der Waals surface area contributed by atoms with Crippen LogP contribution < -0.4 is 19.1 Å². The largest absolute Gasteiger partial charge is 0.493 e. The zero-order chi connectivity index (χ0) is 18.0. The van der Waals surface area contributed by atoms with E-state index < -0.39 is 5.60 Å². The van der Waals surface area contributed by atoms with E-state index in [1.54, 1.807) is 27.4 Å². The van der Waals surface area contributed by atoms with E-state index in [4.69, 9.17) is 14.2 Å². The highest BCUT2D eigenvalue weighted by Gasteiger charge is 2.31. The molecular weight excluding hydrogens is 322 g/mol. The van der Waals surface area contributed by atoms with Crippen LogP contribution in [0.15, 0.2) is 25.0 Å². The lowest BCUT2D eigenvalue weighted by atomic mass is 9.91. The van der Waals surface area contributed by atoms with Gasteiger partial charge in [0.2, 0.25) is 5.75 Å². The molecule has 0 saturated carbocycles. The van der Waals surface area contributed by atoms with Crippen LogP contribution in [-0.4, -0.2) is 55.1 Å². The molecule has 1 fully saturated rings. The number of anilines is 1. The highest BCUT2D eigenvalue weighted by Crippen LogP contribution is 2.44. The second kappa shape index (κ2) is 6.76. The number of aromatic nitrogens is 2. The number of ether oxygens (including phenoxy) is 3. The molecule has 0 atom stereocenters. The molecule has 0 aliphatic carbocycles. The van der Waals surface area contributed by atoms with Crippen LogP contribution in [0.3, 0.4) is 0 Å². The normalized spacial score (nSPS) is 16.6. The lowest BCUT2D eigenvalue weighted by Gasteiger charge is -2.37. The van der Waals surface area contributed by atoms with Gasteiger partial charge in [0.15, 0.2) is 11.5 Å². The Balaban J connectivity index is 2.10. The third kappa shape index (κ3) is 2.95. The van der Waals surface area contributed by atoms with Crippen LogP contribution in [0.2, 0.25) is 0 Å². The van der Waals surface area contributed by atoms with Crippen molar-refractivity contribution in [3.05, 3.63) is 25.0 Å². The molecule has 7 heteroatoms. The predicted molar refractivity (Wildman–Crippen MR) is 95.8 cm³/mol. The molecule has 7 nitrogen and oxygen atoms in total. The Kier molecular flexibility index (Phi) is 4.67. The van der Waals surface area contributed by atoms with Crippen molar-refractivity contribution in [1.29, 1.82) is 0 Å². The summed E-state index contributed by atoms with van der Waals surface area (Å²) in [5.74, 6) is 2.36. The van der Waals surface area contributed by atoms with Crippen LogP contribution >= 0.6 is 0 Å². The summed E-state index contributed by atoms with van der Waals surface area (Å²) in [5, 5.41) is 11.2. The molecule has 25 heavy (non-hydrogen) atoms. The smallest absolute Gasteiger partial charge is 0.205 e. The summed E-state index contributed by atoms with van der Waals surface area (Å²) in [5.41, 5.74) is -0.146. The number of piperidine rings is 1. The molecular formula is C18H23N3O4. The number of hydrogen-bond acceptors (Lipinski definition) is 7. The molecule has 1 saturated heterocycles. The van der Waals surface area contributed by atoms with Gasteiger partial charge in [-0.25, -0.2) is 9.97 Å². The van der Waals surface area contributed by atoms with Gasteiger partial charge in [-0.3, -0.25) is 0 Å². The summed E-state index contributed by atoms with van der Waals surface area (Å²) in [7, 11) is 4.72. The van der Waals surface area contributed by atoms with E-state index in [1.807, 2.05) is 6.07 Å². The third-order valence-corrected chi connectivity index (χ3v) is 4.72. The zero-order valence-corrected chi connectivity index (χ0v) is 14.8. The van der Waals surface area contributed by atoms with Crippen molar-refractivity contribution < 1.29 is 19.3 Å². The summed E-state index contributed by atoms with van der Waals surface area (Å²) in [6.07, 6.45) is 4.35. The molecule has 2 aromatic rings. The first-order valence-electron chi connectivity index (χ1n) is 8.11. The Bertz CT molecular complexity index is 785. The molecule has 1 N–H and O–H groups in total. The van der Waals surface area contributed by atoms with E-state index in [0.29, 0.717) is 48.7 Å². The Morgan fingerprint density at radius 2 is 1.80 bits per heavy atom. The van der Waals surface area contributed by atoms with Crippen LogP contribution in [0.1, 0.15) is 12.8 Å². The van der Waals surface area contributed by atoms with Gasteiger partial charge in [-0.2, -0.15) is 0 Å².